The number of aliphatic hydroxyl groups is 1. The molecule has 5 N–H and O–H groups in total. The van der Waals surface area contributed by atoms with Crippen molar-refractivity contribution in [2.24, 2.45) is 0 Å². The number of para-hydroxylation sites is 2. The van der Waals surface area contributed by atoms with Gasteiger partial charge < -0.3 is 35.8 Å². The number of nitrogens with zero attached hydrogens (tertiary/aromatic N) is 4. The van der Waals surface area contributed by atoms with Crippen molar-refractivity contribution in [3.8, 4) is 11.1 Å². The molecule has 2 aliphatic rings. The molecule has 12 heteroatoms. The van der Waals surface area contributed by atoms with Gasteiger partial charge in [0.05, 0.1) is 30.2 Å². The van der Waals surface area contributed by atoms with Gasteiger partial charge in [-0.3, -0.25) is 14.5 Å². The molecule has 2 aliphatic heterocycles. The second-order valence-electron chi connectivity index (χ2n) is 15.3. The lowest BCUT2D eigenvalue weighted by Gasteiger charge is -2.40. The molecule has 2 saturated heterocycles. The van der Waals surface area contributed by atoms with Gasteiger partial charge in [0.25, 0.3) is 0 Å². The first-order chi connectivity index (χ1) is 28.9. The average molecular weight is 798 g/mol. The Hall–Kier alpha value is -5.66. The summed E-state index contributed by atoms with van der Waals surface area (Å²) in [5.74, 6) is 0.734. The third-order valence-corrected chi connectivity index (χ3v) is 11.1. The van der Waals surface area contributed by atoms with Crippen molar-refractivity contribution < 1.29 is 24.2 Å². The Morgan fingerprint density at radius 2 is 1.42 bits per heavy atom. The second-order valence-corrected chi connectivity index (χ2v) is 15.3. The maximum absolute atomic E-state index is 12.8. The van der Waals surface area contributed by atoms with Gasteiger partial charge in [-0.15, -0.1) is 0 Å². The molecular formula is C47H55N7O5. The number of unbranched alkanes of at least 4 members (excludes halogenated alkanes) is 3. The zero-order chi connectivity index (χ0) is 40.8. The van der Waals surface area contributed by atoms with E-state index in [-0.39, 0.29) is 30.6 Å². The normalized spacial score (nSPS) is 18.3. The number of ether oxygens (including phenoxy) is 2. The first-order valence-corrected chi connectivity index (χ1v) is 20.8. The van der Waals surface area contributed by atoms with Gasteiger partial charge in [-0.2, -0.15) is 0 Å². The van der Waals surface area contributed by atoms with Crippen LogP contribution in [0.3, 0.4) is 0 Å². The molecule has 2 amide bonds. The highest BCUT2D eigenvalue weighted by molar-refractivity contribution is 5.93. The number of aliphatic hydroxyl groups excluding tert-OH is 1. The summed E-state index contributed by atoms with van der Waals surface area (Å²) in [6.45, 7) is 4.70. The number of hydrogen-bond donors (Lipinski definition) is 4. The van der Waals surface area contributed by atoms with Crippen molar-refractivity contribution >= 4 is 29.1 Å². The summed E-state index contributed by atoms with van der Waals surface area (Å²) in [6, 6.07) is 33.5. The highest BCUT2D eigenvalue weighted by atomic mass is 16.7. The SMILES string of the molecule is Nc1ccccc1NC(=O)CCCCCCC(=O)NCc1ccccc1-c1ccc([C@@H]2O[C@H](CN3CCN(c4ncccn4)CC3)C[C@H](c3ccc(CO)cc3)O2)cc1. The van der Waals surface area contributed by atoms with Crippen LogP contribution in [-0.2, 0) is 32.2 Å². The van der Waals surface area contributed by atoms with Crippen LogP contribution < -0.4 is 21.3 Å². The molecule has 0 unspecified atom stereocenters. The number of aromatic nitrogens is 2. The fourth-order valence-electron chi connectivity index (χ4n) is 7.71. The largest absolute Gasteiger partial charge is 0.397 e. The summed E-state index contributed by atoms with van der Waals surface area (Å²) >= 11 is 0. The number of piperazine rings is 1. The Kier molecular flexibility index (Phi) is 14.7. The van der Waals surface area contributed by atoms with Gasteiger partial charge in [0, 0.05) is 76.5 Å². The Morgan fingerprint density at radius 1 is 0.746 bits per heavy atom. The molecule has 0 aliphatic carbocycles. The first kappa shape index (κ1) is 41.5. The number of carbonyl (C=O) groups excluding carboxylic acids is 2. The molecule has 0 spiro atoms. The van der Waals surface area contributed by atoms with E-state index >= 15 is 0 Å². The summed E-state index contributed by atoms with van der Waals surface area (Å²) in [7, 11) is 0. The minimum absolute atomic E-state index is 0.00102. The molecule has 0 radical (unpaired) electrons. The topological polar surface area (TPSA) is 155 Å². The van der Waals surface area contributed by atoms with Crippen molar-refractivity contribution in [1.82, 2.24) is 20.2 Å². The number of nitrogen functional groups attached to an aromatic ring is 1. The van der Waals surface area contributed by atoms with Crippen molar-refractivity contribution in [2.45, 2.75) is 76.6 Å². The number of anilines is 3. The average Bonchev–Trinajstić information content (AvgIpc) is 3.28. The molecular weight excluding hydrogens is 743 g/mol. The lowest BCUT2D eigenvalue weighted by Crippen LogP contribution is -2.50. The van der Waals surface area contributed by atoms with Crippen LogP contribution in [0.25, 0.3) is 11.1 Å². The van der Waals surface area contributed by atoms with E-state index in [2.05, 4.69) is 66.8 Å². The van der Waals surface area contributed by atoms with Crippen molar-refractivity contribution in [2.75, 3.05) is 48.7 Å². The lowest BCUT2D eigenvalue weighted by molar-refractivity contribution is -0.253. The summed E-state index contributed by atoms with van der Waals surface area (Å²) < 4.78 is 13.3. The fourth-order valence-corrected chi connectivity index (χ4v) is 7.71. The molecule has 308 valence electrons. The van der Waals surface area contributed by atoms with Crippen LogP contribution in [0, 0.1) is 0 Å². The molecule has 59 heavy (non-hydrogen) atoms. The molecule has 2 fully saturated rings. The molecule has 0 saturated carbocycles. The Morgan fingerprint density at radius 3 is 2.15 bits per heavy atom. The Bertz CT molecular complexity index is 2090. The predicted octanol–water partition coefficient (Wildman–Crippen LogP) is 7.18. The van der Waals surface area contributed by atoms with Crippen LogP contribution in [0.15, 0.2) is 116 Å². The number of benzene rings is 4. The van der Waals surface area contributed by atoms with E-state index in [9.17, 15) is 14.7 Å². The number of hydrogen-bond acceptors (Lipinski definition) is 10. The van der Waals surface area contributed by atoms with Gasteiger partial charge in [-0.1, -0.05) is 97.8 Å². The highest BCUT2D eigenvalue weighted by Gasteiger charge is 2.34. The quantitative estimate of drug-likeness (QED) is 0.0562. The number of amides is 2. The molecule has 0 bridgehead atoms. The van der Waals surface area contributed by atoms with Gasteiger partial charge in [0.1, 0.15) is 0 Å². The zero-order valence-corrected chi connectivity index (χ0v) is 33.5. The molecule has 4 aromatic carbocycles. The van der Waals surface area contributed by atoms with Crippen LogP contribution in [-0.4, -0.2) is 70.6 Å². The third kappa shape index (κ3) is 11.7. The molecule has 7 rings (SSSR count). The highest BCUT2D eigenvalue weighted by Crippen LogP contribution is 2.39. The smallest absolute Gasteiger partial charge is 0.225 e. The second kappa shape index (κ2) is 20.9. The molecule has 1 aromatic heterocycles. The molecule has 12 nitrogen and oxygen atoms in total. The van der Waals surface area contributed by atoms with Crippen LogP contribution in [0.2, 0.25) is 0 Å². The van der Waals surface area contributed by atoms with Crippen molar-refractivity contribution in [3.63, 3.8) is 0 Å². The van der Waals surface area contributed by atoms with E-state index in [4.69, 9.17) is 15.2 Å². The minimum atomic E-state index is -0.551. The van der Waals surface area contributed by atoms with Crippen LogP contribution in [0.1, 0.15) is 79.6 Å². The van der Waals surface area contributed by atoms with E-state index in [1.807, 2.05) is 54.6 Å². The standard InChI is InChI=1S/C47H55N7O5/c48-41-12-7-8-13-42(41)52-45(57)15-4-2-1-3-14-44(56)51-31-38-10-5-6-11-40(38)35-20-22-37(23-21-35)46-58-39(30-43(59-46)36-18-16-34(33-55)17-19-36)32-53-26-28-54(29-27-53)47-49-24-9-25-50-47/h5-13,16-25,39,43,46,55H,1-4,14-15,26-33,48H2,(H,51,56)(H,52,57)/t39-,43+,46+/m0/s1. The minimum Gasteiger partial charge on any atom is -0.397 e. The monoisotopic (exact) mass is 797 g/mol. The maximum Gasteiger partial charge on any atom is 0.225 e. The van der Waals surface area contributed by atoms with Gasteiger partial charge in [-0.25, -0.2) is 9.97 Å². The summed E-state index contributed by atoms with van der Waals surface area (Å²) in [4.78, 5) is 38.6. The van der Waals surface area contributed by atoms with E-state index in [1.54, 1.807) is 24.5 Å². The van der Waals surface area contributed by atoms with Gasteiger partial charge in [0.2, 0.25) is 17.8 Å². The van der Waals surface area contributed by atoms with Crippen LogP contribution >= 0.6 is 0 Å². The van der Waals surface area contributed by atoms with Crippen LogP contribution in [0.4, 0.5) is 17.3 Å². The lowest BCUT2D eigenvalue weighted by atomic mass is 9.97. The maximum atomic E-state index is 12.8. The predicted molar refractivity (Wildman–Crippen MR) is 230 cm³/mol. The summed E-state index contributed by atoms with van der Waals surface area (Å²) in [6.07, 6.45) is 7.67. The van der Waals surface area contributed by atoms with Crippen LogP contribution in [0.5, 0.6) is 0 Å². The first-order valence-electron chi connectivity index (χ1n) is 20.8. The number of rotatable bonds is 17. The summed E-state index contributed by atoms with van der Waals surface area (Å²) in [5.41, 5.74) is 13.1. The number of nitrogens with one attached hydrogen (secondary N) is 2. The number of nitrogens with two attached hydrogens (primary N) is 1. The van der Waals surface area contributed by atoms with Gasteiger partial charge >= 0.3 is 0 Å². The number of carbonyl (C=O) groups is 2. The van der Waals surface area contributed by atoms with E-state index in [0.29, 0.717) is 30.8 Å². The third-order valence-electron chi connectivity index (χ3n) is 11.1. The Labute approximate surface area is 346 Å². The van der Waals surface area contributed by atoms with Gasteiger partial charge in [0.15, 0.2) is 6.29 Å². The molecule has 5 aromatic rings. The van der Waals surface area contributed by atoms with Gasteiger partial charge in [-0.05, 0) is 58.9 Å². The van der Waals surface area contributed by atoms with E-state index in [0.717, 1.165) is 104 Å². The van der Waals surface area contributed by atoms with Crippen molar-refractivity contribution in [3.05, 3.63) is 138 Å². The van der Waals surface area contributed by atoms with E-state index < -0.39 is 6.29 Å². The zero-order valence-electron chi connectivity index (χ0n) is 33.5. The molecule has 3 atom stereocenters. The van der Waals surface area contributed by atoms with E-state index in [1.165, 1.54) is 0 Å². The fraction of sp³-hybridized carbons (Fsp3) is 0.362. The molecule has 3 heterocycles. The summed E-state index contributed by atoms with van der Waals surface area (Å²) in [5, 5.41) is 15.6. The van der Waals surface area contributed by atoms with Crippen molar-refractivity contribution in [1.29, 1.82) is 0 Å². The Balaban J connectivity index is 0.912.